The van der Waals surface area contributed by atoms with Crippen molar-refractivity contribution in [3.63, 3.8) is 0 Å². The van der Waals surface area contributed by atoms with Crippen LogP contribution in [0.5, 0.6) is 0 Å². The number of β-lactam (4-membered cyclic amide) rings is 1. The Hall–Kier alpha value is -0.505. The SMILES string of the molecule is [B]C([B])([B])[C@]1(C)[C@H](N)C(=O)N1OS(=O)(=O)O. The van der Waals surface area contributed by atoms with E-state index >= 15 is 0 Å². The van der Waals surface area contributed by atoms with Crippen molar-refractivity contribution in [2.75, 3.05) is 0 Å². The second-order valence-corrected chi connectivity index (χ2v) is 4.70. The third kappa shape index (κ3) is 1.88. The first-order valence-corrected chi connectivity index (χ1v) is 5.41. The van der Waals surface area contributed by atoms with Gasteiger partial charge in [-0.1, -0.05) is 0 Å². The van der Waals surface area contributed by atoms with Crippen LogP contribution in [0.25, 0.3) is 0 Å². The second-order valence-electron chi connectivity index (χ2n) is 3.69. The summed E-state index contributed by atoms with van der Waals surface area (Å²) in [6.07, 6.45) is 0. The third-order valence-corrected chi connectivity index (χ3v) is 2.88. The highest BCUT2D eigenvalue weighted by atomic mass is 32.3. The number of hydroxylamine groups is 2. The molecular weight excluding hydrogens is 233 g/mol. The van der Waals surface area contributed by atoms with Crippen molar-refractivity contribution in [3.8, 4) is 0 Å². The van der Waals surface area contributed by atoms with E-state index in [1.54, 1.807) is 0 Å². The average Bonchev–Trinajstić information content (AvgIpc) is 2.08. The van der Waals surface area contributed by atoms with Gasteiger partial charge in [-0.05, 0) is 6.92 Å². The van der Waals surface area contributed by atoms with E-state index in [9.17, 15) is 13.2 Å². The highest BCUT2D eigenvalue weighted by Crippen LogP contribution is 2.44. The fourth-order valence-electron chi connectivity index (χ4n) is 1.31. The van der Waals surface area contributed by atoms with Gasteiger partial charge in [0.15, 0.2) is 0 Å². The van der Waals surface area contributed by atoms with E-state index in [2.05, 4.69) is 4.28 Å². The van der Waals surface area contributed by atoms with Gasteiger partial charge in [-0.3, -0.25) is 9.35 Å². The van der Waals surface area contributed by atoms with Gasteiger partial charge in [-0.25, -0.2) is 0 Å². The molecule has 1 fully saturated rings. The maximum atomic E-state index is 11.2. The quantitative estimate of drug-likeness (QED) is 0.313. The Labute approximate surface area is 96.8 Å². The number of carbonyl (C=O) groups excluding carboxylic acids is 1. The van der Waals surface area contributed by atoms with Crippen LogP contribution in [0.2, 0.25) is 5.11 Å². The molecule has 82 valence electrons. The molecule has 0 aromatic heterocycles. The summed E-state index contributed by atoms with van der Waals surface area (Å²) in [4.78, 5) is 11.2. The molecule has 1 amide bonds. The Morgan fingerprint density at radius 2 is 2.00 bits per heavy atom. The summed E-state index contributed by atoms with van der Waals surface area (Å²) in [6.45, 7) is 1.23. The Morgan fingerprint density at radius 3 is 2.31 bits per heavy atom. The lowest BCUT2D eigenvalue weighted by Crippen LogP contribution is -2.80. The van der Waals surface area contributed by atoms with Gasteiger partial charge in [0, 0.05) is 0 Å². The maximum Gasteiger partial charge on any atom is 0.418 e. The molecule has 1 aliphatic heterocycles. The van der Waals surface area contributed by atoms with E-state index < -0.39 is 33.0 Å². The molecule has 0 unspecified atom stereocenters. The summed E-state index contributed by atoms with van der Waals surface area (Å²) < 4.78 is 33.4. The lowest BCUT2D eigenvalue weighted by molar-refractivity contribution is -0.218. The molecular formula is C5H7B3N2O5S. The highest BCUT2D eigenvalue weighted by Gasteiger charge is 2.62. The van der Waals surface area contributed by atoms with Crippen LogP contribution >= 0.6 is 0 Å². The van der Waals surface area contributed by atoms with Gasteiger partial charge < -0.3 is 5.73 Å². The molecule has 2 atom stereocenters. The highest BCUT2D eigenvalue weighted by molar-refractivity contribution is 7.80. The van der Waals surface area contributed by atoms with Crippen molar-refractivity contribution in [1.82, 2.24) is 5.06 Å². The lowest BCUT2D eigenvalue weighted by Gasteiger charge is -2.59. The molecule has 0 spiro atoms. The Balaban J connectivity index is 3.06. The minimum Gasteiger partial charge on any atom is -0.318 e. The molecule has 7 nitrogen and oxygen atoms in total. The molecule has 0 bridgehead atoms. The van der Waals surface area contributed by atoms with E-state index in [1.807, 2.05) is 0 Å². The summed E-state index contributed by atoms with van der Waals surface area (Å²) in [5, 5.41) is -1.75. The van der Waals surface area contributed by atoms with Gasteiger partial charge in [-0.2, -0.15) is 13.5 Å². The van der Waals surface area contributed by atoms with Crippen molar-refractivity contribution in [1.29, 1.82) is 0 Å². The normalized spacial score (nSPS) is 31.3. The van der Waals surface area contributed by atoms with Crippen molar-refractivity contribution < 1.29 is 22.0 Å². The number of nitrogens with zero attached hydrogens (tertiary/aromatic N) is 1. The number of hydrogen-bond acceptors (Lipinski definition) is 5. The van der Waals surface area contributed by atoms with Gasteiger partial charge in [0.1, 0.15) is 6.04 Å². The van der Waals surface area contributed by atoms with Crippen LogP contribution in [0, 0.1) is 0 Å². The molecule has 1 saturated heterocycles. The third-order valence-electron chi connectivity index (χ3n) is 2.54. The molecule has 1 heterocycles. The number of nitrogens with two attached hydrogens (primary N) is 1. The van der Waals surface area contributed by atoms with E-state index in [-0.39, 0.29) is 5.06 Å². The number of hydrogen-bond donors (Lipinski definition) is 2. The van der Waals surface area contributed by atoms with Gasteiger partial charge >= 0.3 is 10.4 Å². The number of amides is 1. The molecule has 16 heavy (non-hydrogen) atoms. The van der Waals surface area contributed by atoms with E-state index in [1.165, 1.54) is 6.92 Å². The minimum absolute atomic E-state index is 0.243. The van der Waals surface area contributed by atoms with Crippen LogP contribution < -0.4 is 5.73 Å². The monoisotopic (exact) mass is 240 g/mol. The van der Waals surface area contributed by atoms with E-state index in [4.69, 9.17) is 33.8 Å². The molecule has 6 radical (unpaired) electrons. The lowest BCUT2D eigenvalue weighted by atomic mass is 9.33. The predicted octanol–water partition coefficient (Wildman–Crippen LogP) is -2.77. The van der Waals surface area contributed by atoms with Crippen molar-refractivity contribution in [2.24, 2.45) is 5.73 Å². The molecule has 1 rings (SSSR count). The largest absolute Gasteiger partial charge is 0.418 e. The summed E-state index contributed by atoms with van der Waals surface area (Å²) >= 11 is 0. The predicted molar refractivity (Wildman–Crippen MR) is 55.8 cm³/mol. The smallest absolute Gasteiger partial charge is 0.318 e. The van der Waals surface area contributed by atoms with Gasteiger partial charge in [0.05, 0.1) is 29.1 Å². The van der Waals surface area contributed by atoms with Crippen LogP contribution in [0.15, 0.2) is 0 Å². The minimum atomic E-state index is -4.89. The molecule has 3 N–H and O–H groups in total. The van der Waals surface area contributed by atoms with Crippen LogP contribution in [0.1, 0.15) is 6.92 Å². The zero-order valence-electron chi connectivity index (χ0n) is 8.32. The average molecular weight is 240 g/mol. The zero-order chi connectivity index (χ0) is 12.9. The first kappa shape index (κ1) is 13.6. The number of carbonyl (C=O) groups is 1. The second kappa shape index (κ2) is 3.49. The first-order chi connectivity index (χ1) is 6.91. The molecule has 0 aromatic carbocycles. The summed E-state index contributed by atoms with van der Waals surface area (Å²) in [5.41, 5.74) is 3.76. The summed E-state index contributed by atoms with van der Waals surface area (Å²) in [7, 11) is 11.2. The summed E-state index contributed by atoms with van der Waals surface area (Å²) in [6, 6.07) is -1.23. The van der Waals surface area contributed by atoms with Crippen molar-refractivity contribution in [3.05, 3.63) is 0 Å². The number of rotatable bonds is 3. The van der Waals surface area contributed by atoms with Gasteiger partial charge in [0.2, 0.25) is 0 Å². The molecule has 0 aromatic rings. The maximum absolute atomic E-state index is 11.2. The fraction of sp³-hybridized carbons (Fsp3) is 0.800. The zero-order valence-corrected chi connectivity index (χ0v) is 9.14. The van der Waals surface area contributed by atoms with Crippen LogP contribution in [0.3, 0.4) is 0 Å². The van der Waals surface area contributed by atoms with E-state index in [0.29, 0.717) is 0 Å². The molecule has 1 aliphatic rings. The Morgan fingerprint density at radius 1 is 1.56 bits per heavy atom. The molecule has 0 saturated carbocycles. The Kier molecular flexibility index (Phi) is 2.96. The van der Waals surface area contributed by atoms with Crippen LogP contribution in [-0.2, 0) is 19.5 Å². The van der Waals surface area contributed by atoms with Crippen molar-refractivity contribution >= 4 is 39.8 Å². The first-order valence-electron chi connectivity index (χ1n) is 4.04. The van der Waals surface area contributed by atoms with Gasteiger partial charge in [-0.15, -0.1) is 9.40 Å². The van der Waals surface area contributed by atoms with Crippen LogP contribution in [0.4, 0.5) is 0 Å². The van der Waals surface area contributed by atoms with Crippen LogP contribution in [-0.4, -0.2) is 59.1 Å². The topological polar surface area (TPSA) is 110 Å². The Bertz CT molecular complexity index is 420. The molecule has 11 heteroatoms. The molecule has 0 aliphatic carbocycles. The summed E-state index contributed by atoms with van der Waals surface area (Å²) in [5.74, 6) is -0.911. The van der Waals surface area contributed by atoms with Crippen molar-refractivity contribution in [2.45, 2.75) is 23.6 Å². The fourth-order valence-corrected chi connectivity index (χ4v) is 1.73. The van der Waals surface area contributed by atoms with E-state index in [0.717, 1.165) is 0 Å². The van der Waals surface area contributed by atoms with Gasteiger partial charge in [0.25, 0.3) is 5.91 Å². The standard InChI is InChI=1S/C5H7B3N2O5S/c1-4(5(6,7)8)2(9)3(11)10(4)15-16(12,13)14/h2H,9H2,1H3,(H,12,13,14)/t2-,4+/m1/s1.